The molecule has 1 fully saturated rings. The molecule has 0 bridgehead atoms. The largest absolute Gasteiger partial charge is 0.337 e. The molecule has 1 aliphatic rings. The van der Waals surface area contributed by atoms with Crippen LogP contribution in [-0.2, 0) is 0 Å². The molecular formula is C21H20FN3O. The zero-order valence-electron chi connectivity index (χ0n) is 14.7. The number of halogens is 1. The first kappa shape index (κ1) is 16.5. The summed E-state index contributed by atoms with van der Waals surface area (Å²) in [5, 5.41) is 4.65. The Bertz CT molecular complexity index is 923. The lowest BCUT2D eigenvalue weighted by molar-refractivity contribution is 0.0784. The number of carbonyl (C=O) groups is 1. The molecule has 26 heavy (non-hydrogen) atoms. The third-order valence-corrected chi connectivity index (χ3v) is 4.74. The van der Waals surface area contributed by atoms with Gasteiger partial charge in [0.05, 0.1) is 11.4 Å². The Kier molecular flexibility index (Phi) is 4.29. The van der Waals surface area contributed by atoms with Crippen LogP contribution in [0.3, 0.4) is 0 Å². The molecule has 2 aromatic carbocycles. The molecule has 1 saturated heterocycles. The normalized spacial score (nSPS) is 14.0. The second-order valence-electron chi connectivity index (χ2n) is 6.67. The fourth-order valence-electron chi connectivity index (χ4n) is 3.26. The smallest absolute Gasteiger partial charge is 0.272 e. The first-order valence-electron chi connectivity index (χ1n) is 8.84. The standard InChI is InChI=1S/C21H20FN3O/c1-15-4-10-18(11-5-15)25-20(21(26)24-12-2-3-13-24)14-19(23-25)16-6-8-17(22)9-7-16/h4-11,14H,2-3,12-13H2,1H3. The van der Waals surface area contributed by atoms with Gasteiger partial charge in [0.1, 0.15) is 11.5 Å². The van der Waals surface area contributed by atoms with Gasteiger partial charge in [-0.2, -0.15) is 5.10 Å². The summed E-state index contributed by atoms with van der Waals surface area (Å²) >= 11 is 0. The van der Waals surface area contributed by atoms with E-state index in [0.29, 0.717) is 11.4 Å². The summed E-state index contributed by atoms with van der Waals surface area (Å²) in [7, 11) is 0. The highest BCUT2D eigenvalue weighted by atomic mass is 19.1. The van der Waals surface area contributed by atoms with E-state index in [9.17, 15) is 9.18 Å². The maximum atomic E-state index is 13.2. The Morgan fingerprint density at radius 1 is 1.00 bits per heavy atom. The van der Waals surface area contributed by atoms with Gasteiger partial charge in [-0.25, -0.2) is 9.07 Å². The Morgan fingerprint density at radius 2 is 1.65 bits per heavy atom. The summed E-state index contributed by atoms with van der Waals surface area (Å²) in [6.07, 6.45) is 2.07. The van der Waals surface area contributed by atoms with Crippen LogP contribution in [0.2, 0.25) is 0 Å². The van der Waals surface area contributed by atoms with Crippen molar-refractivity contribution < 1.29 is 9.18 Å². The summed E-state index contributed by atoms with van der Waals surface area (Å²) in [6, 6.07) is 15.9. The lowest BCUT2D eigenvalue weighted by atomic mass is 10.1. The monoisotopic (exact) mass is 349 g/mol. The average Bonchev–Trinajstić information content (AvgIpc) is 3.33. The lowest BCUT2D eigenvalue weighted by Crippen LogP contribution is -2.29. The number of aromatic nitrogens is 2. The van der Waals surface area contributed by atoms with Crippen molar-refractivity contribution in [2.75, 3.05) is 13.1 Å². The number of nitrogens with zero attached hydrogens (tertiary/aromatic N) is 3. The van der Waals surface area contributed by atoms with Crippen LogP contribution in [0.5, 0.6) is 0 Å². The van der Waals surface area contributed by atoms with Gasteiger partial charge in [-0.3, -0.25) is 4.79 Å². The SMILES string of the molecule is Cc1ccc(-n2nc(-c3ccc(F)cc3)cc2C(=O)N2CCCC2)cc1. The van der Waals surface area contributed by atoms with Crippen LogP contribution in [0.15, 0.2) is 54.6 Å². The number of rotatable bonds is 3. The van der Waals surface area contributed by atoms with E-state index >= 15 is 0 Å². The Balaban J connectivity index is 1.80. The molecule has 0 atom stereocenters. The van der Waals surface area contributed by atoms with Crippen LogP contribution < -0.4 is 0 Å². The van der Waals surface area contributed by atoms with Crippen molar-refractivity contribution in [2.24, 2.45) is 0 Å². The minimum atomic E-state index is -0.292. The third-order valence-electron chi connectivity index (χ3n) is 4.74. The Labute approximate surface area is 151 Å². The molecule has 0 unspecified atom stereocenters. The second-order valence-corrected chi connectivity index (χ2v) is 6.67. The second kappa shape index (κ2) is 6.75. The van der Waals surface area contributed by atoms with Gasteiger partial charge >= 0.3 is 0 Å². The van der Waals surface area contributed by atoms with Gasteiger partial charge in [-0.05, 0) is 62.2 Å². The van der Waals surface area contributed by atoms with Gasteiger partial charge in [0.15, 0.2) is 0 Å². The Hall–Kier alpha value is -2.95. The van der Waals surface area contributed by atoms with E-state index in [-0.39, 0.29) is 11.7 Å². The summed E-state index contributed by atoms with van der Waals surface area (Å²) in [6.45, 7) is 3.58. The number of amides is 1. The molecule has 0 aliphatic carbocycles. The zero-order valence-corrected chi connectivity index (χ0v) is 14.7. The van der Waals surface area contributed by atoms with Crippen LogP contribution in [0.4, 0.5) is 4.39 Å². The fraction of sp³-hybridized carbons (Fsp3) is 0.238. The number of hydrogen-bond donors (Lipinski definition) is 0. The van der Waals surface area contributed by atoms with Crippen molar-refractivity contribution in [3.63, 3.8) is 0 Å². The van der Waals surface area contributed by atoms with Crippen LogP contribution in [0.25, 0.3) is 16.9 Å². The van der Waals surface area contributed by atoms with Crippen LogP contribution in [0, 0.1) is 12.7 Å². The van der Waals surface area contributed by atoms with Crippen LogP contribution in [-0.4, -0.2) is 33.7 Å². The van der Waals surface area contributed by atoms with E-state index in [1.54, 1.807) is 22.9 Å². The molecule has 4 rings (SSSR count). The topological polar surface area (TPSA) is 38.1 Å². The number of hydrogen-bond acceptors (Lipinski definition) is 2. The van der Waals surface area contributed by atoms with Crippen molar-refractivity contribution in [3.05, 3.63) is 71.7 Å². The molecule has 0 N–H and O–H groups in total. The predicted octanol–water partition coefficient (Wildman–Crippen LogP) is 4.22. The van der Waals surface area contributed by atoms with E-state index in [2.05, 4.69) is 5.10 Å². The van der Waals surface area contributed by atoms with Crippen molar-refractivity contribution in [2.45, 2.75) is 19.8 Å². The number of aryl methyl sites for hydroxylation is 1. The highest BCUT2D eigenvalue weighted by Gasteiger charge is 2.24. The molecule has 1 aromatic heterocycles. The summed E-state index contributed by atoms with van der Waals surface area (Å²) in [5.74, 6) is -0.302. The summed E-state index contributed by atoms with van der Waals surface area (Å²) < 4.78 is 14.9. The molecule has 0 radical (unpaired) electrons. The average molecular weight is 349 g/mol. The minimum Gasteiger partial charge on any atom is -0.337 e. The molecule has 1 aliphatic heterocycles. The molecule has 2 heterocycles. The van der Waals surface area contributed by atoms with E-state index < -0.39 is 0 Å². The maximum absolute atomic E-state index is 13.2. The van der Waals surface area contributed by atoms with Gasteiger partial charge in [-0.15, -0.1) is 0 Å². The number of benzene rings is 2. The predicted molar refractivity (Wildman–Crippen MR) is 98.8 cm³/mol. The maximum Gasteiger partial charge on any atom is 0.272 e. The van der Waals surface area contributed by atoms with E-state index in [0.717, 1.165) is 42.7 Å². The minimum absolute atomic E-state index is 0.0102. The molecule has 132 valence electrons. The van der Waals surface area contributed by atoms with E-state index in [4.69, 9.17) is 0 Å². The van der Waals surface area contributed by atoms with Gasteiger partial charge in [0, 0.05) is 18.7 Å². The summed E-state index contributed by atoms with van der Waals surface area (Å²) in [4.78, 5) is 14.9. The van der Waals surface area contributed by atoms with Gasteiger partial charge in [0.2, 0.25) is 0 Å². The first-order chi connectivity index (χ1) is 12.6. The molecule has 4 nitrogen and oxygen atoms in total. The molecule has 5 heteroatoms. The molecular weight excluding hydrogens is 329 g/mol. The van der Waals surface area contributed by atoms with Gasteiger partial charge < -0.3 is 4.90 Å². The Morgan fingerprint density at radius 3 is 2.31 bits per heavy atom. The highest BCUT2D eigenvalue weighted by Crippen LogP contribution is 2.24. The van der Waals surface area contributed by atoms with Crippen molar-refractivity contribution in [1.82, 2.24) is 14.7 Å². The van der Waals surface area contributed by atoms with E-state index in [1.807, 2.05) is 36.1 Å². The molecule has 0 saturated carbocycles. The quantitative estimate of drug-likeness (QED) is 0.710. The summed E-state index contributed by atoms with van der Waals surface area (Å²) in [5.41, 5.74) is 3.97. The van der Waals surface area contributed by atoms with Gasteiger partial charge in [0.25, 0.3) is 5.91 Å². The molecule has 1 amide bonds. The van der Waals surface area contributed by atoms with Crippen molar-refractivity contribution in [1.29, 1.82) is 0 Å². The van der Waals surface area contributed by atoms with Crippen LogP contribution in [0.1, 0.15) is 28.9 Å². The van der Waals surface area contributed by atoms with Gasteiger partial charge in [-0.1, -0.05) is 17.7 Å². The van der Waals surface area contributed by atoms with Crippen molar-refractivity contribution >= 4 is 5.91 Å². The zero-order chi connectivity index (χ0) is 18.1. The fourth-order valence-corrected chi connectivity index (χ4v) is 3.26. The highest BCUT2D eigenvalue weighted by molar-refractivity contribution is 5.94. The number of likely N-dealkylation sites (tertiary alicyclic amines) is 1. The van der Waals surface area contributed by atoms with Crippen LogP contribution >= 0.6 is 0 Å². The van der Waals surface area contributed by atoms with E-state index in [1.165, 1.54) is 12.1 Å². The lowest BCUT2D eigenvalue weighted by Gasteiger charge is -2.16. The van der Waals surface area contributed by atoms with Crippen molar-refractivity contribution in [3.8, 4) is 16.9 Å². The molecule has 3 aromatic rings. The molecule has 0 spiro atoms. The number of carbonyl (C=O) groups excluding carboxylic acids is 1. The first-order valence-corrected chi connectivity index (χ1v) is 8.84. The third kappa shape index (κ3) is 3.12.